The van der Waals surface area contributed by atoms with Crippen LogP contribution in [0.2, 0.25) is 0 Å². The second-order valence-electron chi connectivity index (χ2n) is 15.3. The number of nitrogens with zero attached hydrogens (tertiary/aromatic N) is 3. The lowest BCUT2D eigenvalue weighted by Crippen LogP contribution is -1.98. The molecule has 2 heterocycles. The fourth-order valence-electron chi connectivity index (χ4n) is 9.15. The van der Waals surface area contributed by atoms with Crippen LogP contribution < -0.4 is 0 Å². The second kappa shape index (κ2) is 13.4. The lowest BCUT2D eigenvalue weighted by Gasteiger charge is -2.18. The van der Waals surface area contributed by atoms with E-state index < -0.39 is 0 Å². The Bertz CT molecular complexity index is 3600. The van der Waals surface area contributed by atoms with E-state index in [1.807, 2.05) is 6.07 Å². The number of aromatic nitrogens is 3. The van der Waals surface area contributed by atoms with Crippen molar-refractivity contribution in [1.82, 2.24) is 14.5 Å². The van der Waals surface area contributed by atoms with Gasteiger partial charge < -0.3 is 0 Å². The minimum absolute atomic E-state index is 0.922. The number of imidazole rings is 1. The molecule has 0 aliphatic rings. The summed E-state index contributed by atoms with van der Waals surface area (Å²) >= 11 is 0. The van der Waals surface area contributed by atoms with Crippen molar-refractivity contribution in [3.8, 4) is 50.6 Å². The van der Waals surface area contributed by atoms with Crippen LogP contribution in [0.1, 0.15) is 0 Å². The molecule has 0 saturated carbocycles. The van der Waals surface area contributed by atoms with Gasteiger partial charge in [0.1, 0.15) is 5.82 Å². The summed E-state index contributed by atoms with van der Waals surface area (Å²) in [4.78, 5) is 10.7. The molecule has 0 amide bonds. The summed E-state index contributed by atoms with van der Waals surface area (Å²) in [6, 6.07) is 76.4. The lowest BCUT2D eigenvalue weighted by atomic mass is 9.89. The molecule has 0 saturated heterocycles. The van der Waals surface area contributed by atoms with Crippen molar-refractivity contribution in [3.05, 3.63) is 212 Å². The second-order valence-corrected chi connectivity index (χ2v) is 15.3. The first kappa shape index (κ1) is 33.3. The van der Waals surface area contributed by atoms with Gasteiger partial charge in [0, 0.05) is 27.6 Å². The van der Waals surface area contributed by atoms with Crippen LogP contribution in [-0.4, -0.2) is 14.5 Å². The molecule has 0 spiro atoms. The average molecular weight is 750 g/mol. The molecule has 0 unspecified atom stereocenters. The normalized spacial score (nSPS) is 11.7. The molecule has 0 N–H and O–H groups in total. The first-order chi connectivity index (χ1) is 29.2. The summed E-state index contributed by atoms with van der Waals surface area (Å²) in [7, 11) is 0. The Morgan fingerprint density at radius 1 is 0.322 bits per heavy atom. The number of rotatable bonds is 5. The van der Waals surface area contributed by atoms with Crippen LogP contribution in [-0.2, 0) is 0 Å². The summed E-state index contributed by atoms with van der Waals surface area (Å²) in [5.74, 6) is 0.922. The number of benzene rings is 10. The van der Waals surface area contributed by atoms with Gasteiger partial charge in [-0.2, -0.15) is 0 Å². The molecule has 12 aromatic rings. The van der Waals surface area contributed by atoms with Crippen LogP contribution in [0.25, 0.3) is 116 Å². The van der Waals surface area contributed by atoms with Crippen LogP contribution in [0.5, 0.6) is 0 Å². The van der Waals surface area contributed by atoms with Crippen LogP contribution in [0, 0.1) is 0 Å². The molecule has 0 bridgehead atoms. The molecule has 3 nitrogen and oxygen atoms in total. The van der Waals surface area contributed by atoms with E-state index in [1.54, 1.807) is 0 Å². The van der Waals surface area contributed by atoms with Crippen LogP contribution in [0.15, 0.2) is 212 Å². The van der Waals surface area contributed by atoms with Crippen molar-refractivity contribution in [2.45, 2.75) is 0 Å². The molecule has 12 rings (SSSR count). The minimum atomic E-state index is 0.922. The highest BCUT2D eigenvalue weighted by atomic mass is 15.1. The molecule has 274 valence electrons. The molecule has 10 aromatic carbocycles. The molecular weight excluding hydrogens is 715 g/mol. The van der Waals surface area contributed by atoms with Gasteiger partial charge >= 0.3 is 0 Å². The fourth-order valence-corrected chi connectivity index (χ4v) is 9.15. The van der Waals surface area contributed by atoms with Gasteiger partial charge in [0.15, 0.2) is 0 Å². The van der Waals surface area contributed by atoms with Gasteiger partial charge in [0.2, 0.25) is 0 Å². The number of hydrogen-bond donors (Lipinski definition) is 0. The first-order valence-electron chi connectivity index (χ1n) is 20.2. The van der Waals surface area contributed by atoms with Gasteiger partial charge in [-0.25, -0.2) is 9.97 Å². The van der Waals surface area contributed by atoms with Gasteiger partial charge in [0.25, 0.3) is 0 Å². The Labute approximate surface area is 341 Å². The quantitative estimate of drug-likeness (QED) is 0.164. The first-order valence-corrected chi connectivity index (χ1v) is 20.2. The predicted octanol–water partition coefficient (Wildman–Crippen LogP) is 14.9. The minimum Gasteiger partial charge on any atom is -0.292 e. The molecule has 0 radical (unpaired) electrons. The highest BCUT2D eigenvalue weighted by molar-refractivity contribution is 6.18. The largest absolute Gasteiger partial charge is 0.292 e. The number of pyridine rings is 1. The van der Waals surface area contributed by atoms with Gasteiger partial charge in [0.05, 0.1) is 22.2 Å². The molecular formula is C56H35N3. The maximum atomic E-state index is 5.63. The Hall–Kier alpha value is -7.88. The summed E-state index contributed by atoms with van der Waals surface area (Å²) in [5, 5.41) is 10.8. The SMILES string of the molecule is c1ccc(-c2nc3ccccc3n2-c2ccc(-c3cc(-c4cc5ccccc5c5ccccc45)nc4c3cc(-c3ccc5ccccc5c3)c3ccccc34)cc2)cc1. The molecule has 0 fully saturated rings. The number of hydrogen-bond acceptors (Lipinski definition) is 2. The number of fused-ring (bicyclic) bond motifs is 8. The van der Waals surface area contributed by atoms with E-state index in [9.17, 15) is 0 Å². The number of para-hydroxylation sites is 2. The monoisotopic (exact) mass is 749 g/mol. The van der Waals surface area contributed by atoms with Gasteiger partial charge in [-0.3, -0.25) is 4.57 Å². The average Bonchev–Trinajstić information content (AvgIpc) is 3.71. The van der Waals surface area contributed by atoms with E-state index in [1.165, 1.54) is 48.8 Å². The summed E-state index contributed by atoms with van der Waals surface area (Å²) < 4.78 is 2.27. The molecule has 0 aliphatic carbocycles. The van der Waals surface area contributed by atoms with E-state index in [4.69, 9.17) is 9.97 Å². The van der Waals surface area contributed by atoms with E-state index in [0.29, 0.717) is 0 Å². The Morgan fingerprint density at radius 2 is 0.932 bits per heavy atom. The van der Waals surface area contributed by atoms with Crippen molar-refractivity contribution in [3.63, 3.8) is 0 Å². The van der Waals surface area contributed by atoms with E-state index in [0.717, 1.165) is 66.8 Å². The molecule has 0 aliphatic heterocycles. The van der Waals surface area contributed by atoms with Crippen LogP contribution in [0.4, 0.5) is 0 Å². The van der Waals surface area contributed by atoms with Crippen molar-refractivity contribution in [2.24, 2.45) is 0 Å². The highest BCUT2D eigenvalue weighted by Gasteiger charge is 2.19. The predicted molar refractivity (Wildman–Crippen MR) is 248 cm³/mol. The molecule has 2 aromatic heterocycles. The lowest BCUT2D eigenvalue weighted by molar-refractivity contribution is 1.10. The molecule has 3 heteroatoms. The van der Waals surface area contributed by atoms with E-state index >= 15 is 0 Å². The standard InChI is InChI=1S/C56H35N3/c1-2-15-38(16-3-1)56-58-52-24-12-13-25-54(52)59(56)42-30-28-37(29-31-42)49-35-53(50-33-40-18-6-7-19-43(40)44-20-8-9-21-45(44)50)57-55-47-23-11-10-22-46(47)48(34-51(49)55)41-27-26-36-14-4-5-17-39(36)32-41/h1-35H. The van der Waals surface area contributed by atoms with Crippen LogP contribution in [0.3, 0.4) is 0 Å². The summed E-state index contributed by atoms with van der Waals surface area (Å²) in [5.41, 5.74) is 11.9. The maximum Gasteiger partial charge on any atom is 0.145 e. The van der Waals surface area contributed by atoms with Gasteiger partial charge in [-0.1, -0.05) is 164 Å². The Kier molecular flexibility index (Phi) is 7.54. The zero-order valence-electron chi connectivity index (χ0n) is 32.0. The van der Waals surface area contributed by atoms with Gasteiger partial charge in [-0.15, -0.1) is 0 Å². The van der Waals surface area contributed by atoms with Crippen LogP contribution >= 0.6 is 0 Å². The third-order valence-corrected chi connectivity index (χ3v) is 12.0. The summed E-state index contributed by atoms with van der Waals surface area (Å²) in [6.07, 6.45) is 0. The van der Waals surface area contributed by atoms with E-state index in [-0.39, 0.29) is 0 Å². The van der Waals surface area contributed by atoms with E-state index in [2.05, 4.69) is 211 Å². The van der Waals surface area contributed by atoms with Crippen molar-refractivity contribution in [2.75, 3.05) is 0 Å². The smallest absolute Gasteiger partial charge is 0.145 e. The Morgan fingerprint density at radius 3 is 1.75 bits per heavy atom. The molecule has 0 atom stereocenters. The fraction of sp³-hybridized carbons (Fsp3) is 0. The topological polar surface area (TPSA) is 30.7 Å². The zero-order valence-corrected chi connectivity index (χ0v) is 32.0. The maximum absolute atomic E-state index is 5.63. The summed E-state index contributed by atoms with van der Waals surface area (Å²) in [6.45, 7) is 0. The third kappa shape index (κ3) is 5.44. The molecule has 59 heavy (non-hydrogen) atoms. The Balaban J connectivity index is 1.13. The zero-order chi connectivity index (χ0) is 38.9. The van der Waals surface area contributed by atoms with Gasteiger partial charge in [-0.05, 0) is 108 Å². The van der Waals surface area contributed by atoms with Crippen molar-refractivity contribution < 1.29 is 0 Å². The highest BCUT2D eigenvalue weighted by Crippen LogP contribution is 2.43. The van der Waals surface area contributed by atoms with Crippen molar-refractivity contribution in [1.29, 1.82) is 0 Å². The van der Waals surface area contributed by atoms with Crippen molar-refractivity contribution >= 4 is 65.0 Å². The third-order valence-electron chi connectivity index (χ3n) is 12.0.